The second kappa shape index (κ2) is 7.07. The number of hydrogen-bond acceptors (Lipinski definition) is 2. The van der Waals surface area contributed by atoms with E-state index in [0.29, 0.717) is 6.10 Å². The van der Waals surface area contributed by atoms with Crippen LogP contribution in [0.25, 0.3) is 0 Å². The molecule has 0 aromatic heterocycles. The van der Waals surface area contributed by atoms with Gasteiger partial charge in [-0.25, -0.2) is 0 Å². The van der Waals surface area contributed by atoms with Crippen molar-refractivity contribution in [3.8, 4) is 0 Å². The molecular formula is C12H23IO2. The summed E-state index contributed by atoms with van der Waals surface area (Å²) in [6.07, 6.45) is 7.06. The van der Waals surface area contributed by atoms with Crippen LogP contribution in [0.2, 0.25) is 0 Å². The van der Waals surface area contributed by atoms with Crippen LogP contribution < -0.4 is 0 Å². The van der Waals surface area contributed by atoms with E-state index in [0.717, 1.165) is 17.6 Å². The Labute approximate surface area is 107 Å². The highest BCUT2D eigenvalue weighted by Crippen LogP contribution is 2.20. The van der Waals surface area contributed by atoms with Crippen molar-refractivity contribution in [1.29, 1.82) is 0 Å². The van der Waals surface area contributed by atoms with Gasteiger partial charge in [-0.1, -0.05) is 41.9 Å². The summed E-state index contributed by atoms with van der Waals surface area (Å²) in [6.45, 7) is 5.73. The first-order chi connectivity index (χ1) is 7.14. The van der Waals surface area contributed by atoms with Gasteiger partial charge in [0.05, 0.1) is 24.9 Å². The molecule has 0 unspecified atom stereocenters. The van der Waals surface area contributed by atoms with Crippen molar-refractivity contribution < 1.29 is 9.47 Å². The fraction of sp³-hybridized carbons (Fsp3) is 1.00. The largest absolute Gasteiger partial charge is 0.376 e. The molecule has 0 radical (unpaired) electrons. The molecule has 0 aromatic rings. The Kier molecular flexibility index (Phi) is 6.46. The molecule has 90 valence electrons. The van der Waals surface area contributed by atoms with Gasteiger partial charge in [-0.3, -0.25) is 0 Å². The fourth-order valence-corrected chi connectivity index (χ4v) is 2.02. The number of halogens is 1. The predicted molar refractivity (Wildman–Crippen MR) is 71.7 cm³/mol. The van der Waals surface area contributed by atoms with Crippen molar-refractivity contribution in [2.75, 3.05) is 17.6 Å². The number of ether oxygens (including phenoxy) is 2. The number of alkyl halides is 1. The Morgan fingerprint density at radius 1 is 1.13 bits per heavy atom. The van der Waals surface area contributed by atoms with Gasteiger partial charge in [0, 0.05) is 4.43 Å². The average molecular weight is 326 g/mol. The predicted octanol–water partition coefficient (Wildman–Crippen LogP) is 3.57. The van der Waals surface area contributed by atoms with E-state index >= 15 is 0 Å². The van der Waals surface area contributed by atoms with Gasteiger partial charge in [0.1, 0.15) is 0 Å². The lowest BCUT2D eigenvalue weighted by Crippen LogP contribution is -2.29. The van der Waals surface area contributed by atoms with Crippen LogP contribution in [0.3, 0.4) is 0 Å². The van der Waals surface area contributed by atoms with Crippen molar-refractivity contribution >= 4 is 22.6 Å². The van der Waals surface area contributed by atoms with Gasteiger partial charge in [-0.2, -0.15) is 0 Å². The first-order valence-corrected chi connectivity index (χ1v) is 7.48. The molecule has 0 amide bonds. The standard InChI is InChI=1S/C12H23IO2/c1-12(2,10-13)15-9-8-14-11-6-4-3-5-7-11/h11H,3-10H2,1-2H3. The number of hydrogen-bond donors (Lipinski definition) is 0. The van der Waals surface area contributed by atoms with Crippen molar-refractivity contribution in [1.82, 2.24) is 0 Å². The van der Waals surface area contributed by atoms with Crippen molar-refractivity contribution in [2.24, 2.45) is 0 Å². The Morgan fingerprint density at radius 3 is 2.40 bits per heavy atom. The molecule has 0 heterocycles. The summed E-state index contributed by atoms with van der Waals surface area (Å²) in [7, 11) is 0. The molecule has 0 aromatic carbocycles. The summed E-state index contributed by atoms with van der Waals surface area (Å²) >= 11 is 2.36. The van der Waals surface area contributed by atoms with E-state index in [1.165, 1.54) is 32.1 Å². The highest BCUT2D eigenvalue weighted by molar-refractivity contribution is 14.1. The second-order valence-electron chi connectivity index (χ2n) is 4.87. The number of rotatable bonds is 6. The molecule has 2 nitrogen and oxygen atoms in total. The summed E-state index contributed by atoms with van der Waals surface area (Å²) in [5.74, 6) is 0. The van der Waals surface area contributed by atoms with Gasteiger partial charge in [0.2, 0.25) is 0 Å². The van der Waals surface area contributed by atoms with Crippen LogP contribution >= 0.6 is 22.6 Å². The van der Waals surface area contributed by atoms with Crippen LogP contribution in [-0.2, 0) is 9.47 Å². The first-order valence-electron chi connectivity index (χ1n) is 5.95. The molecule has 1 aliphatic carbocycles. The van der Waals surface area contributed by atoms with Crippen LogP contribution in [0.4, 0.5) is 0 Å². The third-order valence-electron chi connectivity index (χ3n) is 2.80. The van der Waals surface area contributed by atoms with Gasteiger partial charge in [-0.05, 0) is 26.7 Å². The maximum absolute atomic E-state index is 5.80. The normalized spacial score (nSPS) is 19.4. The van der Waals surface area contributed by atoms with Gasteiger partial charge in [0.25, 0.3) is 0 Å². The zero-order chi connectivity index (χ0) is 11.1. The zero-order valence-electron chi connectivity index (χ0n) is 9.93. The summed E-state index contributed by atoms with van der Waals surface area (Å²) in [4.78, 5) is 0. The molecule has 0 spiro atoms. The molecule has 3 heteroatoms. The summed E-state index contributed by atoms with van der Waals surface area (Å²) < 4.78 is 12.6. The lowest BCUT2D eigenvalue weighted by Gasteiger charge is -2.25. The van der Waals surface area contributed by atoms with E-state index < -0.39 is 0 Å². The van der Waals surface area contributed by atoms with Crippen molar-refractivity contribution in [2.45, 2.75) is 57.7 Å². The summed E-state index contributed by atoms with van der Waals surface area (Å²) in [6, 6.07) is 0. The first kappa shape index (κ1) is 13.7. The summed E-state index contributed by atoms with van der Waals surface area (Å²) in [5.41, 5.74) is -0.00349. The highest BCUT2D eigenvalue weighted by Gasteiger charge is 2.17. The average Bonchev–Trinajstić information content (AvgIpc) is 2.26. The molecule has 0 atom stereocenters. The minimum atomic E-state index is -0.00349. The fourth-order valence-electron chi connectivity index (χ4n) is 1.80. The maximum Gasteiger partial charge on any atom is 0.0716 e. The quantitative estimate of drug-likeness (QED) is 0.422. The Balaban J connectivity index is 2.00. The molecule has 0 aliphatic heterocycles. The van der Waals surface area contributed by atoms with E-state index in [1.807, 2.05) is 0 Å². The molecule has 1 aliphatic rings. The zero-order valence-corrected chi connectivity index (χ0v) is 12.1. The molecule has 0 N–H and O–H groups in total. The Bertz CT molecular complexity index is 165. The van der Waals surface area contributed by atoms with E-state index in [2.05, 4.69) is 36.4 Å². The van der Waals surface area contributed by atoms with Crippen molar-refractivity contribution in [3.63, 3.8) is 0 Å². The van der Waals surface area contributed by atoms with E-state index in [9.17, 15) is 0 Å². The van der Waals surface area contributed by atoms with Crippen LogP contribution in [-0.4, -0.2) is 29.3 Å². The molecule has 15 heavy (non-hydrogen) atoms. The lowest BCUT2D eigenvalue weighted by atomic mass is 9.98. The third kappa shape index (κ3) is 6.07. The van der Waals surface area contributed by atoms with Crippen LogP contribution in [0.1, 0.15) is 46.0 Å². The van der Waals surface area contributed by atoms with Gasteiger partial charge >= 0.3 is 0 Å². The van der Waals surface area contributed by atoms with E-state index in [4.69, 9.17) is 9.47 Å². The van der Waals surface area contributed by atoms with Gasteiger partial charge in [0.15, 0.2) is 0 Å². The Hall–Kier alpha value is 0.650. The van der Waals surface area contributed by atoms with Crippen LogP contribution in [0.5, 0.6) is 0 Å². The smallest absolute Gasteiger partial charge is 0.0716 e. The molecule has 1 rings (SSSR count). The molecular weight excluding hydrogens is 303 g/mol. The monoisotopic (exact) mass is 326 g/mol. The molecule has 0 saturated heterocycles. The molecule has 1 saturated carbocycles. The van der Waals surface area contributed by atoms with Crippen LogP contribution in [0, 0.1) is 0 Å². The third-order valence-corrected chi connectivity index (χ3v) is 4.64. The molecule has 1 fully saturated rings. The lowest BCUT2D eigenvalue weighted by molar-refractivity contribution is -0.0544. The second-order valence-corrected chi connectivity index (χ2v) is 5.64. The van der Waals surface area contributed by atoms with Crippen LogP contribution in [0.15, 0.2) is 0 Å². The molecule has 0 bridgehead atoms. The maximum atomic E-state index is 5.80. The van der Waals surface area contributed by atoms with Gasteiger partial charge < -0.3 is 9.47 Å². The Morgan fingerprint density at radius 2 is 1.80 bits per heavy atom. The van der Waals surface area contributed by atoms with E-state index in [-0.39, 0.29) is 5.60 Å². The van der Waals surface area contributed by atoms with Crippen molar-refractivity contribution in [3.05, 3.63) is 0 Å². The topological polar surface area (TPSA) is 18.5 Å². The summed E-state index contributed by atoms with van der Waals surface area (Å²) in [5, 5.41) is 0. The highest BCUT2D eigenvalue weighted by atomic mass is 127. The minimum absolute atomic E-state index is 0.00349. The van der Waals surface area contributed by atoms with E-state index in [1.54, 1.807) is 0 Å². The minimum Gasteiger partial charge on any atom is -0.376 e. The SMILES string of the molecule is CC(C)(CI)OCCOC1CCCCC1. The van der Waals surface area contributed by atoms with Gasteiger partial charge in [-0.15, -0.1) is 0 Å².